The average molecular weight is 222 g/mol. The van der Waals surface area contributed by atoms with E-state index < -0.39 is 0 Å². The van der Waals surface area contributed by atoms with Crippen LogP contribution in [0.1, 0.15) is 16.7 Å². The van der Waals surface area contributed by atoms with E-state index in [1.807, 2.05) is 24.3 Å². The fourth-order valence-corrected chi connectivity index (χ4v) is 1.69. The Hall–Kier alpha value is -2.27. The maximum atomic E-state index is 8.70. The fraction of sp³-hybridized carbons (Fsp3) is 0.133. The van der Waals surface area contributed by atoms with Crippen molar-refractivity contribution >= 4 is 5.69 Å². The van der Waals surface area contributed by atoms with Gasteiger partial charge in [0.2, 0.25) is 0 Å². The number of nitriles is 1. The first-order valence-corrected chi connectivity index (χ1v) is 5.57. The number of hydrogen-bond donors (Lipinski definition) is 1. The molecule has 0 amide bonds. The Balaban J connectivity index is 2.00. The van der Waals surface area contributed by atoms with E-state index >= 15 is 0 Å². The highest BCUT2D eigenvalue weighted by molar-refractivity contribution is 5.47. The van der Waals surface area contributed by atoms with Gasteiger partial charge in [0, 0.05) is 12.2 Å². The average Bonchev–Trinajstić information content (AvgIpc) is 2.37. The molecule has 0 fully saturated rings. The van der Waals surface area contributed by atoms with Crippen molar-refractivity contribution in [3.8, 4) is 6.07 Å². The number of aryl methyl sites for hydroxylation is 1. The Morgan fingerprint density at radius 1 is 1.12 bits per heavy atom. The summed E-state index contributed by atoms with van der Waals surface area (Å²) >= 11 is 0. The molecular formula is C15H14N2. The van der Waals surface area contributed by atoms with Crippen molar-refractivity contribution in [1.29, 1.82) is 5.26 Å². The number of benzene rings is 2. The molecule has 2 heteroatoms. The lowest BCUT2D eigenvalue weighted by Crippen LogP contribution is -1.99. The molecule has 0 saturated heterocycles. The van der Waals surface area contributed by atoms with Gasteiger partial charge in [-0.25, -0.2) is 0 Å². The van der Waals surface area contributed by atoms with Crippen LogP contribution in [0.5, 0.6) is 0 Å². The molecule has 0 unspecified atom stereocenters. The monoisotopic (exact) mass is 222 g/mol. The van der Waals surface area contributed by atoms with Crippen molar-refractivity contribution in [3.05, 3.63) is 65.2 Å². The van der Waals surface area contributed by atoms with Gasteiger partial charge in [-0.05, 0) is 36.8 Å². The highest BCUT2D eigenvalue weighted by Gasteiger charge is 1.95. The third-order valence-electron chi connectivity index (χ3n) is 2.59. The predicted molar refractivity (Wildman–Crippen MR) is 69.7 cm³/mol. The van der Waals surface area contributed by atoms with E-state index in [0.29, 0.717) is 5.56 Å². The van der Waals surface area contributed by atoms with Crippen LogP contribution in [0.15, 0.2) is 48.5 Å². The van der Waals surface area contributed by atoms with Gasteiger partial charge in [0.25, 0.3) is 0 Å². The van der Waals surface area contributed by atoms with Crippen LogP contribution >= 0.6 is 0 Å². The number of hydrogen-bond acceptors (Lipinski definition) is 2. The van der Waals surface area contributed by atoms with E-state index in [1.54, 1.807) is 0 Å². The third-order valence-corrected chi connectivity index (χ3v) is 2.59. The second kappa shape index (κ2) is 5.18. The largest absolute Gasteiger partial charge is 0.381 e. The summed E-state index contributed by atoms with van der Waals surface area (Å²) in [6.07, 6.45) is 0. The van der Waals surface area contributed by atoms with E-state index in [0.717, 1.165) is 12.2 Å². The molecule has 84 valence electrons. The van der Waals surface area contributed by atoms with Crippen molar-refractivity contribution in [2.75, 3.05) is 5.32 Å². The normalized spacial score (nSPS) is 9.65. The van der Waals surface area contributed by atoms with E-state index in [2.05, 4.69) is 42.6 Å². The maximum absolute atomic E-state index is 8.70. The van der Waals surface area contributed by atoms with Crippen molar-refractivity contribution in [3.63, 3.8) is 0 Å². The second-order valence-electron chi connectivity index (χ2n) is 4.03. The van der Waals surface area contributed by atoms with E-state index in [-0.39, 0.29) is 0 Å². The SMILES string of the molecule is Cc1cccc(CNc2ccc(C#N)cc2)c1. The minimum Gasteiger partial charge on any atom is -0.381 e. The second-order valence-corrected chi connectivity index (χ2v) is 4.03. The lowest BCUT2D eigenvalue weighted by molar-refractivity contribution is 1.14. The molecule has 1 N–H and O–H groups in total. The molecular weight excluding hydrogens is 208 g/mol. The standard InChI is InChI=1S/C15H14N2/c1-12-3-2-4-14(9-12)11-17-15-7-5-13(10-16)6-8-15/h2-9,17H,11H2,1H3. The van der Waals surface area contributed by atoms with E-state index in [4.69, 9.17) is 5.26 Å². The Morgan fingerprint density at radius 3 is 2.53 bits per heavy atom. The smallest absolute Gasteiger partial charge is 0.0991 e. The molecule has 0 bridgehead atoms. The fourth-order valence-electron chi connectivity index (χ4n) is 1.69. The van der Waals surface area contributed by atoms with Crippen LogP contribution in [-0.2, 0) is 6.54 Å². The first-order valence-electron chi connectivity index (χ1n) is 5.57. The molecule has 0 aliphatic carbocycles. The van der Waals surface area contributed by atoms with Crippen molar-refractivity contribution in [2.45, 2.75) is 13.5 Å². The summed E-state index contributed by atoms with van der Waals surface area (Å²) in [6.45, 7) is 2.89. The molecule has 0 spiro atoms. The first kappa shape index (κ1) is 11.2. The molecule has 0 aromatic heterocycles. The van der Waals surface area contributed by atoms with Crippen LogP contribution in [-0.4, -0.2) is 0 Å². The van der Waals surface area contributed by atoms with Crippen LogP contribution in [0.3, 0.4) is 0 Å². The van der Waals surface area contributed by atoms with Crippen molar-refractivity contribution in [1.82, 2.24) is 0 Å². The minimum atomic E-state index is 0.686. The van der Waals surface area contributed by atoms with Gasteiger partial charge in [0.1, 0.15) is 0 Å². The summed E-state index contributed by atoms with van der Waals surface area (Å²) < 4.78 is 0. The maximum Gasteiger partial charge on any atom is 0.0991 e. The van der Waals surface area contributed by atoms with Gasteiger partial charge in [0.15, 0.2) is 0 Å². The Morgan fingerprint density at radius 2 is 1.88 bits per heavy atom. The molecule has 0 aliphatic rings. The number of anilines is 1. The van der Waals surface area contributed by atoms with Gasteiger partial charge < -0.3 is 5.32 Å². The minimum absolute atomic E-state index is 0.686. The van der Waals surface area contributed by atoms with Gasteiger partial charge in [0.05, 0.1) is 11.6 Å². The van der Waals surface area contributed by atoms with E-state index in [9.17, 15) is 0 Å². The summed E-state index contributed by atoms with van der Waals surface area (Å²) in [5.74, 6) is 0. The molecule has 0 heterocycles. The Kier molecular flexibility index (Phi) is 3.42. The van der Waals surface area contributed by atoms with Gasteiger partial charge in [-0.15, -0.1) is 0 Å². The highest BCUT2D eigenvalue weighted by atomic mass is 14.9. The molecule has 0 atom stereocenters. The number of nitrogens with one attached hydrogen (secondary N) is 1. The summed E-state index contributed by atoms with van der Waals surface area (Å²) in [7, 11) is 0. The van der Waals surface area contributed by atoms with Gasteiger partial charge in [-0.3, -0.25) is 0 Å². The molecule has 0 aliphatic heterocycles. The van der Waals surface area contributed by atoms with E-state index in [1.165, 1.54) is 11.1 Å². The highest BCUT2D eigenvalue weighted by Crippen LogP contribution is 2.11. The molecule has 2 nitrogen and oxygen atoms in total. The first-order chi connectivity index (χ1) is 8.28. The molecule has 2 aromatic carbocycles. The third kappa shape index (κ3) is 3.09. The summed E-state index contributed by atoms with van der Waals surface area (Å²) in [4.78, 5) is 0. The molecule has 17 heavy (non-hydrogen) atoms. The van der Waals surface area contributed by atoms with Crippen LogP contribution < -0.4 is 5.32 Å². The molecule has 0 radical (unpaired) electrons. The van der Waals surface area contributed by atoms with Gasteiger partial charge in [-0.2, -0.15) is 5.26 Å². The molecule has 2 aromatic rings. The topological polar surface area (TPSA) is 35.8 Å². The van der Waals surface area contributed by atoms with Crippen LogP contribution in [0.4, 0.5) is 5.69 Å². The zero-order valence-electron chi connectivity index (χ0n) is 9.77. The predicted octanol–water partition coefficient (Wildman–Crippen LogP) is 3.48. The zero-order chi connectivity index (χ0) is 12.1. The van der Waals surface area contributed by atoms with Crippen LogP contribution in [0, 0.1) is 18.3 Å². The van der Waals surface area contributed by atoms with Gasteiger partial charge >= 0.3 is 0 Å². The summed E-state index contributed by atoms with van der Waals surface area (Å²) in [5, 5.41) is 12.0. The Bertz CT molecular complexity index is 536. The molecule has 0 saturated carbocycles. The zero-order valence-corrected chi connectivity index (χ0v) is 9.77. The number of rotatable bonds is 3. The van der Waals surface area contributed by atoms with Crippen LogP contribution in [0.2, 0.25) is 0 Å². The quantitative estimate of drug-likeness (QED) is 0.863. The van der Waals surface area contributed by atoms with Crippen molar-refractivity contribution < 1.29 is 0 Å². The lowest BCUT2D eigenvalue weighted by Gasteiger charge is -2.07. The molecule has 2 rings (SSSR count). The lowest BCUT2D eigenvalue weighted by atomic mass is 10.1. The Labute approximate surface area is 102 Å². The summed E-state index contributed by atoms with van der Waals surface area (Å²) in [5.41, 5.74) is 4.25. The van der Waals surface area contributed by atoms with Crippen LogP contribution in [0.25, 0.3) is 0 Å². The van der Waals surface area contributed by atoms with Gasteiger partial charge in [-0.1, -0.05) is 29.8 Å². The summed E-state index contributed by atoms with van der Waals surface area (Å²) in [6, 6.07) is 18.0. The van der Waals surface area contributed by atoms with Crippen molar-refractivity contribution in [2.24, 2.45) is 0 Å². The number of nitrogens with zero attached hydrogens (tertiary/aromatic N) is 1.